The minimum absolute atomic E-state index is 0.121. The van der Waals surface area contributed by atoms with Gasteiger partial charge < -0.3 is 9.47 Å². The first-order valence-corrected chi connectivity index (χ1v) is 11.4. The third-order valence-electron chi connectivity index (χ3n) is 4.60. The quantitative estimate of drug-likeness (QED) is 0.297. The first-order valence-electron chi connectivity index (χ1n) is 10.2. The number of nitrogens with zero attached hydrogens (tertiary/aromatic N) is 1. The molecule has 0 unspecified atom stereocenters. The summed E-state index contributed by atoms with van der Waals surface area (Å²) in [5.74, 6) is 0.165. The van der Waals surface area contributed by atoms with E-state index in [1.807, 2.05) is 62.4 Å². The zero-order chi connectivity index (χ0) is 22.2. The zero-order valence-corrected chi connectivity index (χ0v) is 19.3. The van der Waals surface area contributed by atoms with Gasteiger partial charge in [0.05, 0.1) is 17.9 Å². The smallest absolute Gasteiger partial charge is 0.307 e. The van der Waals surface area contributed by atoms with Crippen molar-refractivity contribution in [3.05, 3.63) is 70.1 Å². The highest BCUT2D eigenvalue weighted by Crippen LogP contribution is 2.34. The molecule has 0 spiro atoms. The van der Waals surface area contributed by atoms with Crippen LogP contribution in [-0.2, 0) is 20.9 Å². The Morgan fingerprint density at radius 1 is 1.16 bits per heavy atom. The fourth-order valence-corrected chi connectivity index (χ4v) is 4.20. The lowest BCUT2D eigenvalue weighted by molar-refractivity contribution is -0.143. The van der Waals surface area contributed by atoms with E-state index in [2.05, 4.69) is 0 Å². The van der Waals surface area contributed by atoms with Crippen molar-refractivity contribution in [2.24, 2.45) is 0 Å². The van der Waals surface area contributed by atoms with Crippen LogP contribution in [0.15, 0.2) is 53.4 Å². The van der Waals surface area contributed by atoms with Gasteiger partial charge >= 0.3 is 5.97 Å². The number of aryl methyl sites for hydroxylation is 1. The molecule has 0 aliphatic carbocycles. The molecule has 0 N–H and O–H groups in total. The van der Waals surface area contributed by atoms with E-state index in [0.29, 0.717) is 28.2 Å². The lowest BCUT2D eigenvalue weighted by Crippen LogP contribution is -2.30. The topological polar surface area (TPSA) is 55.8 Å². The van der Waals surface area contributed by atoms with Crippen molar-refractivity contribution < 1.29 is 19.1 Å². The molecular weight excluding hydrogens is 430 g/mol. The number of carbonyl (C=O) groups is 2. The van der Waals surface area contributed by atoms with Crippen molar-refractivity contribution in [2.45, 2.75) is 33.3 Å². The first-order chi connectivity index (χ1) is 15.0. The Morgan fingerprint density at radius 2 is 1.90 bits per heavy atom. The second-order valence-corrected chi connectivity index (χ2v) is 8.79. The minimum Gasteiger partial charge on any atom is -0.488 e. The molecule has 31 heavy (non-hydrogen) atoms. The monoisotopic (exact) mass is 455 g/mol. The Balaban J connectivity index is 1.67. The van der Waals surface area contributed by atoms with Crippen molar-refractivity contribution >= 4 is 46.3 Å². The molecule has 0 atom stereocenters. The third kappa shape index (κ3) is 6.42. The highest BCUT2D eigenvalue weighted by Gasteiger charge is 2.32. The van der Waals surface area contributed by atoms with Gasteiger partial charge in [0.2, 0.25) is 0 Å². The van der Waals surface area contributed by atoms with Gasteiger partial charge in [0, 0.05) is 12.1 Å². The number of carbonyl (C=O) groups excluding carboxylic acids is 2. The molecule has 2 aromatic carbocycles. The fraction of sp³-hybridized carbons (Fsp3) is 0.292. The largest absolute Gasteiger partial charge is 0.488 e. The maximum atomic E-state index is 12.8. The Bertz CT molecular complexity index is 985. The lowest BCUT2D eigenvalue weighted by Gasteiger charge is -2.13. The van der Waals surface area contributed by atoms with Gasteiger partial charge in [-0.2, -0.15) is 0 Å². The molecule has 0 radical (unpaired) electrons. The Hall–Kier alpha value is -2.64. The van der Waals surface area contributed by atoms with Crippen LogP contribution in [0.4, 0.5) is 0 Å². The van der Waals surface area contributed by atoms with Crippen LogP contribution in [0.1, 0.15) is 36.5 Å². The molecule has 0 aromatic heterocycles. The van der Waals surface area contributed by atoms with E-state index in [9.17, 15) is 9.59 Å². The molecular formula is C24H25NO4S2. The van der Waals surface area contributed by atoms with Crippen LogP contribution in [0.25, 0.3) is 6.08 Å². The summed E-state index contributed by atoms with van der Waals surface area (Å²) in [4.78, 5) is 26.5. The van der Waals surface area contributed by atoms with E-state index in [1.165, 1.54) is 22.2 Å². The standard InChI is InChI=1S/C24H25NO4S2/c1-3-14-28-22(26)12-13-25-23(27)21(31-24(25)30)15-19-6-4-5-7-20(19)29-16-18-10-8-17(2)9-11-18/h4-11,15H,3,12-14,16H2,1-2H3/b21-15+. The van der Waals surface area contributed by atoms with E-state index in [4.69, 9.17) is 21.7 Å². The highest BCUT2D eigenvalue weighted by atomic mass is 32.2. The molecule has 1 heterocycles. The lowest BCUT2D eigenvalue weighted by atomic mass is 10.1. The van der Waals surface area contributed by atoms with E-state index in [1.54, 1.807) is 6.08 Å². The molecule has 162 valence electrons. The number of ether oxygens (including phenoxy) is 2. The van der Waals surface area contributed by atoms with E-state index in [0.717, 1.165) is 17.5 Å². The number of para-hydroxylation sites is 1. The van der Waals surface area contributed by atoms with Crippen LogP contribution >= 0.6 is 24.0 Å². The van der Waals surface area contributed by atoms with Gasteiger partial charge in [0.1, 0.15) is 16.7 Å². The molecule has 5 nitrogen and oxygen atoms in total. The van der Waals surface area contributed by atoms with Crippen LogP contribution in [0, 0.1) is 6.92 Å². The summed E-state index contributed by atoms with van der Waals surface area (Å²) in [6, 6.07) is 15.7. The van der Waals surface area contributed by atoms with Crippen molar-refractivity contribution in [3.8, 4) is 5.75 Å². The normalized spacial score (nSPS) is 14.9. The third-order valence-corrected chi connectivity index (χ3v) is 5.98. The average molecular weight is 456 g/mol. The molecule has 7 heteroatoms. The summed E-state index contributed by atoms with van der Waals surface area (Å²) in [7, 11) is 0. The average Bonchev–Trinajstić information content (AvgIpc) is 3.03. The SMILES string of the molecule is CCCOC(=O)CCN1C(=O)/C(=C\c2ccccc2OCc2ccc(C)cc2)SC1=S. The summed E-state index contributed by atoms with van der Waals surface area (Å²) in [6.45, 7) is 5.02. The van der Waals surface area contributed by atoms with Crippen LogP contribution in [0.3, 0.4) is 0 Å². The predicted octanol–water partition coefficient (Wildman–Crippen LogP) is 5.12. The number of esters is 1. The number of hydrogen-bond acceptors (Lipinski definition) is 6. The summed E-state index contributed by atoms with van der Waals surface area (Å²) < 4.78 is 11.5. The maximum absolute atomic E-state index is 12.8. The molecule has 0 bridgehead atoms. The van der Waals surface area contributed by atoms with Crippen LogP contribution in [0.5, 0.6) is 5.75 Å². The number of thiocarbonyl (C=S) groups is 1. The molecule has 3 rings (SSSR count). The predicted molar refractivity (Wildman–Crippen MR) is 128 cm³/mol. The highest BCUT2D eigenvalue weighted by molar-refractivity contribution is 8.26. The number of thioether (sulfide) groups is 1. The summed E-state index contributed by atoms with van der Waals surface area (Å²) in [5, 5.41) is 0. The molecule has 1 aliphatic rings. The first kappa shape index (κ1) is 23.0. The number of amides is 1. The number of benzene rings is 2. The van der Waals surface area contributed by atoms with Crippen molar-refractivity contribution in [1.82, 2.24) is 4.90 Å². The molecule has 1 fully saturated rings. The van der Waals surface area contributed by atoms with Gasteiger partial charge in [-0.3, -0.25) is 14.5 Å². The van der Waals surface area contributed by atoms with Gasteiger partial charge in [-0.05, 0) is 31.1 Å². The van der Waals surface area contributed by atoms with Crippen molar-refractivity contribution in [2.75, 3.05) is 13.2 Å². The second-order valence-electron chi connectivity index (χ2n) is 7.12. The van der Waals surface area contributed by atoms with E-state index < -0.39 is 0 Å². The zero-order valence-electron chi connectivity index (χ0n) is 17.6. The summed E-state index contributed by atoms with van der Waals surface area (Å²) in [6.07, 6.45) is 2.68. The molecule has 1 saturated heterocycles. The van der Waals surface area contributed by atoms with Gasteiger partial charge in [-0.15, -0.1) is 0 Å². The minimum atomic E-state index is -0.324. The number of hydrogen-bond donors (Lipinski definition) is 0. The Kier molecular flexibility index (Phi) is 8.26. The van der Waals surface area contributed by atoms with Gasteiger partial charge in [-0.1, -0.05) is 78.9 Å². The van der Waals surface area contributed by atoms with Crippen LogP contribution in [0.2, 0.25) is 0 Å². The molecule has 0 saturated carbocycles. The Labute approximate surface area is 192 Å². The van der Waals surface area contributed by atoms with Gasteiger partial charge in [0.25, 0.3) is 5.91 Å². The molecule has 1 amide bonds. The summed E-state index contributed by atoms with van der Waals surface area (Å²) in [5.41, 5.74) is 3.07. The van der Waals surface area contributed by atoms with E-state index in [-0.39, 0.29) is 24.8 Å². The van der Waals surface area contributed by atoms with E-state index >= 15 is 0 Å². The van der Waals surface area contributed by atoms with Crippen LogP contribution in [-0.4, -0.2) is 34.2 Å². The molecule has 2 aromatic rings. The van der Waals surface area contributed by atoms with Gasteiger partial charge in [0.15, 0.2) is 0 Å². The molecule has 1 aliphatic heterocycles. The Morgan fingerprint density at radius 3 is 2.65 bits per heavy atom. The number of rotatable bonds is 9. The maximum Gasteiger partial charge on any atom is 0.307 e. The fourth-order valence-electron chi connectivity index (χ4n) is 2.90. The van der Waals surface area contributed by atoms with Crippen molar-refractivity contribution in [3.63, 3.8) is 0 Å². The van der Waals surface area contributed by atoms with Gasteiger partial charge in [-0.25, -0.2) is 0 Å². The van der Waals surface area contributed by atoms with Crippen LogP contribution < -0.4 is 4.74 Å². The van der Waals surface area contributed by atoms with Crippen molar-refractivity contribution in [1.29, 1.82) is 0 Å². The summed E-state index contributed by atoms with van der Waals surface area (Å²) >= 11 is 6.58. The second kappa shape index (κ2) is 11.1.